The van der Waals surface area contributed by atoms with E-state index in [0.29, 0.717) is 36.6 Å². The highest BCUT2D eigenvalue weighted by molar-refractivity contribution is 5.66. The quantitative estimate of drug-likeness (QED) is 0.387. The van der Waals surface area contributed by atoms with Crippen LogP contribution >= 0.6 is 0 Å². The molecular weight excluding hydrogens is 434 g/mol. The van der Waals surface area contributed by atoms with Crippen LogP contribution in [0.15, 0.2) is 28.7 Å². The number of aryl methyl sites for hydroxylation is 2. The summed E-state index contributed by atoms with van der Waals surface area (Å²) < 4.78 is 17.4. The summed E-state index contributed by atoms with van der Waals surface area (Å²) in [5.41, 5.74) is 4.60. The molecule has 0 saturated heterocycles. The lowest BCUT2D eigenvalue weighted by Gasteiger charge is -2.14. The van der Waals surface area contributed by atoms with Gasteiger partial charge in [0.15, 0.2) is 0 Å². The van der Waals surface area contributed by atoms with Crippen molar-refractivity contribution in [1.82, 2.24) is 15.2 Å². The highest BCUT2D eigenvalue weighted by Crippen LogP contribution is 2.37. The Morgan fingerprint density at radius 1 is 1.12 bits per heavy atom. The van der Waals surface area contributed by atoms with Gasteiger partial charge < -0.3 is 19.0 Å². The standard InChI is InChI=1S/C26H31N3O5/c1-4-17-13-19(12-16(2)24(17)33-11-7-10-23(30)31)25-28-29-26(34-25)20-14-21(18-8-5-6-9-18)27-22(15-20)32-3/h12-15,18H,4-11H2,1-3H3,(H,30,31). The molecule has 0 radical (unpaired) electrons. The predicted octanol–water partition coefficient (Wildman–Crippen LogP) is 5.58. The first-order valence-electron chi connectivity index (χ1n) is 11.9. The molecule has 0 atom stereocenters. The zero-order valence-corrected chi connectivity index (χ0v) is 20.0. The Bertz CT molecular complexity index is 1150. The van der Waals surface area contributed by atoms with Crippen molar-refractivity contribution >= 4 is 5.97 Å². The van der Waals surface area contributed by atoms with Crippen molar-refractivity contribution in [3.63, 3.8) is 0 Å². The SMILES string of the molecule is CCc1cc(-c2nnc(-c3cc(OC)nc(C4CCCC4)c3)o2)cc(C)c1OCCCC(=O)O. The maximum Gasteiger partial charge on any atom is 0.303 e. The third kappa shape index (κ3) is 5.38. The van der Waals surface area contributed by atoms with Crippen molar-refractivity contribution in [2.75, 3.05) is 13.7 Å². The van der Waals surface area contributed by atoms with Gasteiger partial charge in [-0.15, -0.1) is 10.2 Å². The molecule has 1 aliphatic rings. The average molecular weight is 466 g/mol. The lowest BCUT2D eigenvalue weighted by atomic mass is 10.0. The minimum Gasteiger partial charge on any atom is -0.493 e. The second-order valence-corrected chi connectivity index (χ2v) is 8.70. The molecular formula is C26H31N3O5. The molecule has 8 heteroatoms. The Morgan fingerprint density at radius 2 is 1.82 bits per heavy atom. The molecule has 1 fully saturated rings. The molecule has 1 saturated carbocycles. The van der Waals surface area contributed by atoms with Crippen molar-refractivity contribution in [2.45, 2.75) is 64.7 Å². The number of methoxy groups -OCH3 is 1. The summed E-state index contributed by atoms with van der Waals surface area (Å²) >= 11 is 0. The molecule has 8 nitrogen and oxygen atoms in total. The van der Waals surface area contributed by atoms with Crippen molar-refractivity contribution in [3.05, 3.63) is 41.1 Å². The van der Waals surface area contributed by atoms with Crippen LogP contribution in [0, 0.1) is 6.92 Å². The summed E-state index contributed by atoms with van der Waals surface area (Å²) in [6.45, 7) is 4.38. The largest absolute Gasteiger partial charge is 0.493 e. The topological polar surface area (TPSA) is 108 Å². The summed E-state index contributed by atoms with van der Waals surface area (Å²) in [6, 6.07) is 7.81. The number of carboxylic acids is 1. The fourth-order valence-corrected chi connectivity index (χ4v) is 4.48. The zero-order valence-electron chi connectivity index (χ0n) is 20.0. The number of benzene rings is 1. The molecule has 1 aromatic carbocycles. The van der Waals surface area contributed by atoms with Crippen LogP contribution in [0.2, 0.25) is 0 Å². The zero-order chi connectivity index (χ0) is 24.1. The normalized spacial score (nSPS) is 13.9. The summed E-state index contributed by atoms with van der Waals surface area (Å²) in [5, 5.41) is 17.4. The Labute approximate surface area is 199 Å². The second-order valence-electron chi connectivity index (χ2n) is 8.70. The summed E-state index contributed by atoms with van der Waals surface area (Å²) in [5.74, 6) is 1.82. The summed E-state index contributed by atoms with van der Waals surface area (Å²) in [7, 11) is 1.62. The first-order valence-corrected chi connectivity index (χ1v) is 11.9. The van der Waals surface area contributed by atoms with E-state index >= 15 is 0 Å². The van der Waals surface area contributed by atoms with Gasteiger partial charge in [-0.25, -0.2) is 4.98 Å². The number of rotatable bonds is 10. The minimum absolute atomic E-state index is 0.0889. The van der Waals surface area contributed by atoms with Gasteiger partial charge in [0.05, 0.1) is 13.7 Å². The van der Waals surface area contributed by atoms with Crippen LogP contribution in [-0.4, -0.2) is 40.0 Å². The maximum absolute atomic E-state index is 10.7. The highest BCUT2D eigenvalue weighted by Gasteiger charge is 2.22. The molecule has 1 aliphatic carbocycles. The van der Waals surface area contributed by atoms with Crippen LogP contribution in [0.3, 0.4) is 0 Å². The molecule has 4 rings (SSSR count). The van der Waals surface area contributed by atoms with Gasteiger partial charge in [0, 0.05) is 35.2 Å². The molecule has 0 aliphatic heterocycles. The van der Waals surface area contributed by atoms with Gasteiger partial charge in [0.1, 0.15) is 5.75 Å². The van der Waals surface area contributed by atoms with E-state index in [0.717, 1.165) is 53.0 Å². The van der Waals surface area contributed by atoms with E-state index in [1.807, 2.05) is 31.2 Å². The molecule has 0 unspecified atom stereocenters. The molecule has 0 bridgehead atoms. The highest BCUT2D eigenvalue weighted by atomic mass is 16.5. The summed E-state index contributed by atoms with van der Waals surface area (Å²) in [4.78, 5) is 15.4. The molecule has 180 valence electrons. The molecule has 2 aromatic heterocycles. The van der Waals surface area contributed by atoms with Crippen molar-refractivity contribution in [2.24, 2.45) is 0 Å². The van der Waals surface area contributed by atoms with E-state index in [-0.39, 0.29) is 6.42 Å². The molecule has 0 spiro atoms. The van der Waals surface area contributed by atoms with E-state index in [1.54, 1.807) is 7.11 Å². The van der Waals surface area contributed by atoms with E-state index in [4.69, 9.17) is 19.0 Å². The molecule has 34 heavy (non-hydrogen) atoms. The maximum atomic E-state index is 10.7. The van der Waals surface area contributed by atoms with Gasteiger partial charge in [-0.05, 0) is 61.9 Å². The van der Waals surface area contributed by atoms with Crippen LogP contribution in [0.4, 0.5) is 0 Å². The lowest BCUT2D eigenvalue weighted by Crippen LogP contribution is -2.05. The molecule has 0 amide bonds. The van der Waals surface area contributed by atoms with Crippen molar-refractivity contribution in [1.29, 1.82) is 0 Å². The fourth-order valence-electron chi connectivity index (χ4n) is 4.48. The van der Waals surface area contributed by atoms with Crippen LogP contribution in [0.5, 0.6) is 11.6 Å². The smallest absolute Gasteiger partial charge is 0.303 e. The Morgan fingerprint density at radius 3 is 2.47 bits per heavy atom. The van der Waals surface area contributed by atoms with E-state index in [2.05, 4.69) is 22.1 Å². The number of carbonyl (C=O) groups is 1. The van der Waals surface area contributed by atoms with Crippen molar-refractivity contribution in [3.8, 4) is 34.5 Å². The van der Waals surface area contributed by atoms with E-state index < -0.39 is 5.97 Å². The third-order valence-corrected chi connectivity index (χ3v) is 6.24. The van der Waals surface area contributed by atoms with Gasteiger partial charge in [-0.1, -0.05) is 19.8 Å². The number of nitrogens with zero attached hydrogens (tertiary/aromatic N) is 3. The molecule has 3 aromatic rings. The Kier molecular flexibility index (Phi) is 7.45. The average Bonchev–Trinajstić information content (AvgIpc) is 3.54. The van der Waals surface area contributed by atoms with Gasteiger partial charge in [-0.2, -0.15) is 0 Å². The minimum atomic E-state index is -0.819. The number of carboxylic acid groups (broad SMARTS) is 1. The molecule has 1 N–H and O–H groups in total. The predicted molar refractivity (Wildman–Crippen MR) is 127 cm³/mol. The van der Waals surface area contributed by atoms with Crippen LogP contribution in [0.1, 0.15) is 68.2 Å². The Hall–Kier alpha value is -3.42. The van der Waals surface area contributed by atoms with Crippen LogP contribution in [-0.2, 0) is 11.2 Å². The van der Waals surface area contributed by atoms with E-state index in [1.165, 1.54) is 12.8 Å². The molecule has 2 heterocycles. The monoisotopic (exact) mass is 465 g/mol. The number of ether oxygens (including phenoxy) is 2. The van der Waals surface area contributed by atoms with E-state index in [9.17, 15) is 4.79 Å². The summed E-state index contributed by atoms with van der Waals surface area (Å²) in [6.07, 6.45) is 6.04. The van der Waals surface area contributed by atoms with Gasteiger partial charge in [-0.3, -0.25) is 4.79 Å². The Balaban J connectivity index is 1.59. The number of aromatic nitrogens is 3. The first kappa shape index (κ1) is 23.7. The van der Waals surface area contributed by atoms with Crippen LogP contribution in [0.25, 0.3) is 22.9 Å². The first-order chi connectivity index (χ1) is 16.5. The number of aliphatic carboxylic acids is 1. The van der Waals surface area contributed by atoms with Gasteiger partial charge >= 0.3 is 5.97 Å². The number of pyridine rings is 1. The van der Waals surface area contributed by atoms with Crippen LogP contribution < -0.4 is 9.47 Å². The second kappa shape index (κ2) is 10.7. The van der Waals surface area contributed by atoms with Gasteiger partial charge in [0.2, 0.25) is 17.7 Å². The van der Waals surface area contributed by atoms with Gasteiger partial charge in [0.25, 0.3) is 0 Å². The lowest BCUT2D eigenvalue weighted by molar-refractivity contribution is -0.137. The third-order valence-electron chi connectivity index (χ3n) is 6.24. The number of hydrogen-bond acceptors (Lipinski definition) is 7. The fraction of sp³-hybridized carbons (Fsp3) is 0.462. The van der Waals surface area contributed by atoms with Crippen molar-refractivity contribution < 1.29 is 23.8 Å². The number of hydrogen-bond donors (Lipinski definition) is 1.